The minimum atomic E-state index is 0.107. The highest BCUT2D eigenvalue weighted by molar-refractivity contribution is 5.78. The second kappa shape index (κ2) is 8.13. The average molecular weight is 371 g/mol. The summed E-state index contributed by atoms with van der Waals surface area (Å²) in [5, 5.41) is 4.07. The fourth-order valence-electron chi connectivity index (χ4n) is 3.40. The Labute approximate surface area is 161 Å². The number of carbonyl (C=O) groups excluding carboxylic acids is 1. The molecule has 0 N–H and O–H groups in total. The molecule has 3 rings (SSSR count). The Bertz CT molecular complexity index is 771. The van der Waals surface area contributed by atoms with E-state index in [1.165, 1.54) is 0 Å². The molecule has 146 valence electrons. The van der Waals surface area contributed by atoms with E-state index >= 15 is 0 Å². The van der Waals surface area contributed by atoms with Gasteiger partial charge in [-0.2, -0.15) is 0 Å². The normalized spacial score (nSPS) is 15.8. The highest BCUT2D eigenvalue weighted by atomic mass is 16.5. The largest absolute Gasteiger partial charge is 0.497 e. The molecule has 1 fully saturated rings. The number of hydrogen-bond donors (Lipinski definition) is 0. The Hall–Kier alpha value is -2.34. The molecule has 1 amide bonds. The minimum absolute atomic E-state index is 0.107. The molecule has 1 saturated heterocycles. The number of hydrogen-bond acceptors (Lipinski definition) is 5. The van der Waals surface area contributed by atoms with E-state index in [2.05, 4.69) is 30.8 Å². The predicted octanol–water partition coefficient (Wildman–Crippen LogP) is 3.08. The van der Waals surface area contributed by atoms with Gasteiger partial charge < -0.3 is 14.2 Å². The summed E-state index contributed by atoms with van der Waals surface area (Å²) in [6.45, 7) is 11.2. The number of nitrogens with zero attached hydrogens (tertiary/aromatic N) is 3. The lowest BCUT2D eigenvalue weighted by Crippen LogP contribution is -2.50. The Balaban J connectivity index is 1.55. The predicted molar refractivity (Wildman–Crippen MR) is 105 cm³/mol. The molecule has 0 unspecified atom stereocenters. The van der Waals surface area contributed by atoms with Gasteiger partial charge >= 0.3 is 0 Å². The standard InChI is InChI=1S/C21H29N3O3/c1-21(2,3)15-23-8-10-24(11-9-23)20(25)14-17-13-19(27-22-17)16-6-5-7-18(12-16)26-4/h5-7,12-13H,8-11,14-15H2,1-4H3. The average Bonchev–Trinajstić information content (AvgIpc) is 3.09. The maximum atomic E-state index is 12.6. The third-order valence-corrected chi connectivity index (χ3v) is 4.67. The smallest absolute Gasteiger partial charge is 0.228 e. The minimum Gasteiger partial charge on any atom is -0.497 e. The molecule has 1 aliphatic heterocycles. The van der Waals surface area contributed by atoms with E-state index in [0.717, 1.165) is 44.0 Å². The lowest BCUT2D eigenvalue weighted by molar-refractivity contribution is -0.132. The molecule has 0 spiro atoms. The first kappa shape index (κ1) is 19.4. The van der Waals surface area contributed by atoms with E-state index in [-0.39, 0.29) is 17.7 Å². The van der Waals surface area contributed by atoms with Crippen LogP contribution >= 0.6 is 0 Å². The fraction of sp³-hybridized carbons (Fsp3) is 0.524. The lowest BCUT2D eigenvalue weighted by atomic mass is 9.96. The van der Waals surface area contributed by atoms with Crippen molar-refractivity contribution < 1.29 is 14.1 Å². The van der Waals surface area contributed by atoms with Crippen LogP contribution in [0.4, 0.5) is 0 Å². The van der Waals surface area contributed by atoms with Crippen LogP contribution in [0.5, 0.6) is 5.75 Å². The molecule has 0 bridgehead atoms. The number of carbonyl (C=O) groups is 1. The maximum Gasteiger partial charge on any atom is 0.228 e. The summed E-state index contributed by atoms with van der Waals surface area (Å²) in [6, 6.07) is 9.44. The van der Waals surface area contributed by atoms with Gasteiger partial charge in [-0.3, -0.25) is 9.69 Å². The summed E-state index contributed by atoms with van der Waals surface area (Å²) in [4.78, 5) is 17.0. The Kier molecular flexibility index (Phi) is 5.85. The van der Waals surface area contributed by atoms with Crippen molar-refractivity contribution in [1.29, 1.82) is 0 Å². The number of piperazine rings is 1. The van der Waals surface area contributed by atoms with Crippen LogP contribution in [0.25, 0.3) is 11.3 Å². The molecule has 1 aromatic carbocycles. The zero-order chi connectivity index (χ0) is 19.4. The molecule has 2 heterocycles. The van der Waals surface area contributed by atoms with Crippen molar-refractivity contribution in [2.24, 2.45) is 5.41 Å². The van der Waals surface area contributed by atoms with E-state index in [9.17, 15) is 4.79 Å². The molecule has 27 heavy (non-hydrogen) atoms. The molecular formula is C21H29N3O3. The molecule has 0 aliphatic carbocycles. The van der Waals surface area contributed by atoms with Crippen LogP contribution in [-0.4, -0.2) is 60.7 Å². The van der Waals surface area contributed by atoms with E-state index in [1.54, 1.807) is 7.11 Å². The molecule has 0 radical (unpaired) electrons. The number of rotatable bonds is 5. The van der Waals surface area contributed by atoms with Gasteiger partial charge in [-0.15, -0.1) is 0 Å². The highest BCUT2D eigenvalue weighted by Gasteiger charge is 2.24. The van der Waals surface area contributed by atoms with Crippen molar-refractivity contribution in [3.05, 3.63) is 36.0 Å². The monoisotopic (exact) mass is 371 g/mol. The molecule has 6 nitrogen and oxygen atoms in total. The van der Waals surface area contributed by atoms with Crippen LogP contribution in [0.1, 0.15) is 26.5 Å². The summed E-state index contributed by atoms with van der Waals surface area (Å²) >= 11 is 0. The lowest BCUT2D eigenvalue weighted by Gasteiger charge is -2.37. The quantitative estimate of drug-likeness (QED) is 0.808. The third kappa shape index (κ3) is 5.32. The number of benzene rings is 1. The number of ether oxygens (including phenoxy) is 1. The van der Waals surface area contributed by atoms with Crippen molar-refractivity contribution in [3.8, 4) is 17.1 Å². The summed E-state index contributed by atoms with van der Waals surface area (Å²) in [5.41, 5.74) is 1.83. The summed E-state index contributed by atoms with van der Waals surface area (Å²) in [6.07, 6.45) is 0.271. The first-order chi connectivity index (χ1) is 12.8. The number of amides is 1. The van der Waals surface area contributed by atoms with Gasteiger partial charge in [0.25, 0.3) is 0 Å². The second-order valence-corrected chi connectivity index (χ2v) is 8.31. The van der Waals surface area contributed by atoms with Crippen molar-refractivity contribution in [2.45, 2.75) is 27.2 Å². The molecule has 0 atom stereocenters. The first-order valence-electron chi connectivity index (χ1n) is 9.44. The van der Waals surface area contributed by atoms with Gasteiger partial charge in [0, 0.05) is 44.4 Å². The van der Waals surface area contributed by atoms with E-state index in [4.69, 9.17) is 9.26 Å². The maximum absolute atomic E-state index is 12.6. The van der Waals surface area contributed by atoms with Crippen LogP contribution in [0.2, 0.25) is 0 Å². The van der Waals surface area contributed by atoms with Gasteiger partial charge in [0.05, 0.1) is 19.2 Å². The van der Waals surface area contributed by atoms with Gasteiger partial charge in [-0.1, -0.05) is 38.1 Å². The van der Waals surface area contributed by atoms with Crippen LogP contribution in [0.15, 0.2) is 34.9 Å². The third-order valence-electron chi connectivity index (χ3n) is 4.67. The van der Waals surface area contributed by atoms with Crippen LogP contribution in [0, 0.1) is 5.41 Å². The van der Waals surface area contributed by atoms with Gasteiger partial charge in [0.1, 0.15) is 5.75 Å². The van der Waals surface area contributed by atoms with Crippen LogP contribution in [0.3, 0.4) is 0 Å². The van der Waals surface area contributed by atoms with Gasteiger partial charge in [0.15, 0.2) is 5.76 Å². The van der Waals surface area contributed by atoms with Gasteiger partial charge in [0.2, 0.25) is 5.91 Å². The van der Waals surface area contributed by atoms with Crippen LogP contribution < -0.4 is 4.74 Å². The van der Waals surface area contributed by atoms with Crippen molar-refractivity contribution >= 4 is 5.91 Å². The molecule has 2 aromatic rings. The zero-order valence-electron chi connectivity index (χ0n) is 16.7. The Morgan fingerprint density at radius 3 is 2.59 bits per heavy atom. The summed E-state index contributed by atoms with van der Waals surface area (Å²) in [5.74, 6) is 1.51. The SMILES string of the molecule is COc1cccc(-c2cc(CC(=O)N3CCN(CC(C)(C)C)CC3)no2)c1. The number of aromatic nitrogens is 1. The molecule has 0 saturated carbocycles. The Morgan fingerprint density at radius 1 is 1.19 bits per heavy atom. The molecule has 6 heteroatoms. The zero-order valence-corrected chi connectivity index (χ0v) is 16.7. The first-order valence-corrected chi connectivity index (χ1v) is 9.44. The van der Waals surface area contributed by atoms with Crippen molar-refractivity contribution in [2.75, 3.05) is 39.8 Å². The molecular weight excluding hydrogens is 342 g/mol. The van der Waals surface area contributed by atoms with E-state index in [1.807, 2.05) is 35.2 Å². The summed E-state index contributed by atoms with van der Waals surface area (Å²) < 4.78 is 10.7. The van der Waals surface area contributed by atoms with Crippen LogP contribution in [-0.2, 0) is 11.2 Å². The topological polar surface area (TPSA) is 58.8 Å². The Morgan fingerprint density at radius 2 is 1.93 bits per heavy atom. The fourth-order valence-corrected chi connectivity index (χ4v) is 3.40. The molecule has 1 aromatic heterocycles. The van der Waals surface area contributed by atoms with E-state index in [0.29, 0.717) is 11.5 Å². The van der Waals surface area contributed by atoms with Gasteiger partial charge in [-0.25, -0.2) is 0 Å². The molecule has 1 aliphatic rings. The summed E-state index contributed by atoms with van der Waals surface area (Å²) in [7, 11) is 1.63. The van der Waals surface area contributed by atoms with E-state index < -0.39 is 0 Å². The van der Waals surface area contributed by atoms with Gasteiger partial charge in [-0.05, 0) is 17.5 Å². The second-order valence-electron chi connectivity index (χ2n) is 8.31. The highest BCUT2D eigenvalue weighted by Crippen LogP contribution is 2.25. The van der Waals surface area contributed by atoms with Crippen molar-refractivity contribution in [1.82, 2.24) is 15.0 Å². The number of methoxy groups -OCH3 is 1. The van der Waals surface area contributed by atoms with Crippen molar-refractivity contribution in [3.63, 3.8) is 0 Å².